The lowest BCUT2D eigenvalue weighted by molar-refractivity contribution is 0.0718. The molecule has 0 aromatic carbocycles. The quantitative estimate of drug-likeness (QED) is 0.714. The first kappa shape index (κ1) is 10.6. The first-order valence-corrected chi connectivity index (χ1v) is 5.46. The molecule has 0 N–H and O–H groups in total. The van der Waals surface area contributed by atoms with Gasteiger partial charge < -0.3 is 4.90 Å². The fourth-order valence-electron chi connectivity index (χ4n) is 1.85. The molecule has 1 aromatic rings. The summed E-state index contributed by atoms with van der Waals surface area (Å²) in [4.78, 5) is 17.8. The highest BCUT2D eigenvalue weighted by atomic mass is 16.2. The smallest absolute Gasteiger partial charge is 0.272 e. The molecule has 0 aliphatic carbocycles. The van der Waals surface area contributed by atoms with E-state index in [1.807, 2.05) is 11.0 Å². The van der Waals surface area contributed by atoms with Crippen LogP contribution < -0.4 is 0 Å². The maximum atomic E-state index is 12.0. The number of carbonyl (C=O) groups is 1. The Hall–Kier alpha value is -1.89. The number of rotatable bonds is 1. The lowest BCUT2D eigenvalue weighted by atomic mass is 10.1. The minimum atomic E-state index is -0.0239. The van der Waals surface area contributed by atoms with Gasteiger partial charge in [0.25, 0.3) is 5.91 Å². The van der Waals surface area contributed by atoms with Crippen molar-refractivity contribution in [1.29, 1.82) is 5.26 Å². The van der Waals surface area contributed by atoms with Crippen molar-refractivity contribution in [2.75, 3.05) is 13.1 Å². The number of hydrogen-bond donors (Lipinski definition) is 0. The summed E-state index contributed by atoms with van der Waals surface area (Å²) in [5.41, 5.74) is 0.913. The third kappa shape index (κ3) is 2.19. The maximum Gasteiger partial charge on any atom is 0.272 e. The monoisotopic (exact) mass is 215 g/mol. The van der Waals surface area contributed by atoms with Gasteiger partial charge in [-0.2, -0.15) is 5.26 Å². The van der Waals surface area contributed by atoms with E-state index in [1.165, 1.54) is 12.6 Å². The van der Waals surface area contributed by atoms with Crippen molar-refractivity contribution in [3.05, 3.63) is 29.6 Å². The Bertz CT molecular complexity index is 413. The van der Waals surface area contributed by atoms with Crippen molar-refractivity contribution in [2.24, 2.45) is 0 Å². The van der Waals surface area contributed by atoms with Crippen molar-refractivity contribution < 1.29 is 4.79 Å². The molecule has 2 rings (SSSR count). The van der Waals surface area contributed by atoms with Gasteiger partial charge in [-0.1, -0.05) is 0 Å². The average molecular weight is 215 g/mol. The molecule has 0 spiro atoms. The Labute approximate surface area is 94.5 Å². The Balaban J connectivity index is 2.11. The Morgan fingerprint density at radius 3 is 2.62 bits per heavy atom. The lowest BCUT2D eigenvalue weighted by Crippen LogP contribution is -2.36. The van der Waals surface area contributed by atoms with Gasteiger partial charge in [-0.25, -0.2) is 4.98 Å². The van der Waals surface area contributed by atoms with E-state index < -0.39 is 0 Å². The molecule has 1 aliphatic rings. The second-order valence-corrected chi connectivity index (χ2v) is 3.90. The van der Waals surface area contributed by atoms with Gasteiger partial charge in [0.1, 0.15) is 11.8 Å². The summed E-state index contributed by atoms with van der Waals surface area (Å²) in [6.07, 6.45) is 4.78. The number of nitrogens with zero attached hydrogens (tertiary/aromatic N) is 3. The molecule has 4 heteroatoms. The van der Waals surface area contributed by atoms with Gasteiger partial charge in [-0.15, -0.1) is 0 Å². The second-order valence-electron chi connectivity index (χ2n) is 3.90. The van der Waals surface area contributed by atoms with E-state index in [1.54, 1.807) is 12.1 Å². The molecule has 2 heterocycles. The number of pyridine rings is 1. The Morgan fingerprint density at radius 2 is 2.06 bits per heavy atom. The molecule has 0 saturated carbocycles. The second kappa shape index (κ2) is 4.75. The third-order valence-corrected chi connectivity index (χ3v) is 2.75. The van der Waals surface area contributed by atoms with Crippen molar-refractivity contribution in [3.8, 4) is 6.07 Å². The van der Waals surface area contributed by atoms with Gasteiger partial charge >= 0.3 is 0 Å². The number of carbonyl (C=O) groups excluding carboxylic acids is 1. The topological polar surface area (TPSA) is 57.0 Å². The van der Waals surface area contributed by atoms with Crippen LogP contribution in [0.4, 0.5) is 0 Å². The van der Waals surface area contributed by atoms with E-state index in [-0.39, 0.29) is 5.91 Å². The van der Waals surface area contributed by atoms with Gasteiger partial charge in [-0.3, -0.25) is 4.79 Å². The molecule has 1 amide bonds. The van der Waals surface area contributed by atoms with E-state index >= 15 is 0 Å². The highest BCUT2D eigenvalue weighted by Gasteiger charge is 2.18. The van der Waals surface area contributed by atoms with Gasteiger partial charge in [0.05, 0.1) is 5.56 Å². The van der Waals surface area contributed by atoms with E-state index in [0.717, 1.165) is 25.9 Å². The molecule has 16 heavy (non-hydrogen) atoms. The summed E-state index contributed by atoms with van der Waals surface area (Å²) < 4.78 is 0. The molecule has 0 atom stereocenters. The zero-order valence-corrected chi connectivity index (χ0v) is 9.02. The fourth-order valence-corrected chi connectivity index (χ4v) is 1.85. The molecule has 1 fully saturated rings. The molecule has 1 aromatic heterocycles. The average Bonchev–Trinajstić information content (AvgIpc) is 2.39. The van der Waals surface area contributed by atoms with Crippen LogP contribution in [0.2, 0.25) is 0 Å². The summed E-state index contributed by atoms with van der Waals surface area (Å²) in [7, 11) is 0. The zero-order valence-electron chi connectivity index (χ0n) is 9.02. The van der Waals surface area contributed by atoms with Crippen molar-refractivity contribution in [2.45, 2.75) is 19.3 Å². The zero-order chi connectivity index (χ0) is 11.4. The molecule has 1 aliphatic heterocycles. The number of nitriles is 1. The fraction of sp³-hybridized carbons (Fsp3) is 0.417. The molecular formula is C12H13N3O. The lowest BCUT2D eigenvalue weighted by Gasteiger charge is -2.26. The maximum absolute atomic E-state index is 12.0. The van der Waals surface area contributed by atoms with E-state index in [0.29, 0.717) is 11.3 Å². The first-order valence-electron chi connectivity index (χ1n) is 5.46. The minimum absolute atomic E-state index is 0.0239. The largest absolute Gasteiger partial charge is 0.337 e. The van der Waals surface area contributed by atoms with Crippen molar-refractivity contribution in [3.63, 3.8) is 0 Å². The van der Waals surface area contributed by atoms with Crippen LogP contribution in [0.5, 0.6) is 0 Å². The normalized spacial score (nSPS) is 15.6. The number of likely N-dealkylation sites (tertiary alicyclic amines) is 1. The van der Waals surface area contributed by atoms with Gasteiger partial charge in [0, 0.05) is 19.3 Å². The molecule has 82 valence electrons. The van der Waals surface area contributed by atoms with Gasteiger partial charge in [0.2, 0.25) is 0 Å². The predicted octanol–water partition coefficient (Wildman–Crippen LogP) is 1.58. The molecule has 4 nitrogen and oxygen atoms in total. The van der Waals surface area contributed by atoms with Crippen LogP contribution >= 0.6 is 0 Å². The van der Waals surface area contributed by atoms with Crippen molar-refractivity contribution in [1.82, 2.24) is 9.88 Å². The van der Waals surface area contributed by atoms with Crippen molar-refractivity contribution >= 4 is 5.91 Å². The van der Waals surface area contributed by atoms with Gasteiger partial charge in [-0.05, 0) is 31.4 Å². The van der Waals surface area contributed by atoms with E-state index in [9.17, 15) is 4.79 Å². The SMILES string of the molecule is N#Cc1ccc(C(=O)N2CCCCC2)nc1. The number of piperidine rings is 1. The van der Waals surface area contributed by atoms with Gasteiger partial charge in [0.15, 0.2) is 0 Å². The molecule has 1 saturated heterocycles. The standard InChI is InChI=1S/C12H13N3O/c13-8-10-4-5-11(14-9-10)12(16)15-6-2-1-3-7-15/h4-5,9H,1-3,6-7H2. The Kier molecular flexibility index (Phi) is 3.16. The predicted molar refractivity (Wildman–Crippen MR) is 58.7 cm³/mol. The molecular weight excluding hydrogens is 202 g/mol. The van der Waals surface area contributed by atoms with E-state index in [4.69, 9.17) is 5.26 Å². The summed E-state index contributed by atoms with van der Waals surface area (Å²) in [5, 5.41) is 8.63. The summed E-state index contributed by atoms with van der Waals surface area (Å²) >= 11 is 0. The Morgan fingerprint density at radius 1 is 1.31 bits per heavy atom. The molecule has 0 radical (unpaired) electrons. The number of hydrogen-bond acceptors (Lipinski definition) is 3. The molecule has 0 bridgehead atoms. The third-order valence-electron chi connectivity index (χ3n) is 2.75. The number of aromatic nitrogens is 1. The van der Waals surface area contributed by atoms with Crippen LogP contribution in [0.15, 0.2) is 18.3 Å². The van der Waals surface area contributed by atoms with Crippen LogP contribution in [0.25, 0.3) is 0 Å². The van der Waals surface area contributed by atoms with E-state index in [2.05, 4.69) is 4.98 Å². The summed E-state index contributed by atoms with van der Waals surface area (Å²) in [5.74, 6) is -0.0239. The van der Waals surface area contributed by atoms with Crippen LogP contribution in [0, 0.1) is 11.3 Å². The summed E-state index contributed by atoms with van der Waals surface area (Å²) in [6.45, 7) is 1.64. The highest BCUT2D eigenvalue weighted by molar-refractivity contribution is 5.92. The first-order chi connectivity index (χ1) is 7.81. The van der Waals surface area contributed by atoms with Crippen LogP contribution in [-0.2, 0) is 0 Å². The van der Waals surface area contributed by atoms with Crippen LogP contribution in [0.1, 0.15) is 35.3 Å². The highest BCUT2D eigenvalue weighted by Crippen LogP contribution is 2.12. The number of amides is 1. The molecule has 0 unspecified atom stereocenters. The summed E-state index contributed by atoms with van der Waals surface area (Å²) in [6, 6.07) is 5.23. The van der Waals surface area contributed by atoms with Crippen LogP contribution in [0.3, 0.4) is 0 Å². The minimum Gasteiger partial charge on any atom is -0.337 e. The van der Waals surface area contributed by atoms with Crippen LogP contribution in [-0.4, -0.2) is 28.9 Å².